The van der Waals surface area contributed by atoms with E-state index in [1.54, 1.807) is 17.0 Å². The Morgan fingerprint density at radius 2 is 1.92 bits per heavy atom. The summed E-state index contributed by atoms with van der Waals surface area (Å²) in [7, 11) is 0. The fourth-order valence-electron chi connectivity index (χ4n) is 3.04. The van der Waals surface area contributed by atoms with Gasteiger partial charge in [-0.25, -0.2) is 0 Å². The van der Waals surface area contributed by atoms with Crippen molar-refractivity contribution in [2.75, 3.05) is 17.2 Å². The van der Waals surface area contributed by atoms with E-state index in [-0.39, 0.29) is 12.3 Å². The summed E-state index contributed by atoms with van der Waals surface area (Å²) in [4.78, 5) is 14.2. The first-order chi connectivity index (χ1) is 11.4. The van der Waals surface area contributed by atoms with Gasteiger partial charge < -0.3 is 10.6 Å². The third-order valence-corrected chi connectivity index (χ3v) is 4.20. The van der Waals surface area contributed by atoms with Crippen LogP contribution in [-0.4, -0.2) is 12.5 Å². The second-order valence-corrected chi connectivity index (χ2v) is 5.87. The number of hydrogen-bond donors (Lipinski definition) is 1. The molecular formula is C18H17F3N2O. The first-order valence-corrected chi connectivity index (χ1v) is 7.70. The maximum atomic E-state index is 12.8. The van der Waals surface area contributed by atoms with E-state index >= 15 is 0 Å². The molecule has 1 amide bonds. The number of nitrogens with zero attached hydrogens (tertiary/aromatic N) is 1. The SMILES string of the molecule is Nc1cccc2c1CCCN2C(=O)Cc1cccc(C(F)(F)F)c1. The molecule has 2 aromatic rings. The van der Waals surface area contributed by atoms with Gasteiger partial charge in [0.15, 0.2) is 0 Å². The quantitative estimate of drug-likeness (QED) is 0.849. The van der Waals surface area contributed by atoms with Crippen molar-refractivity contribution in [1.82, 2.24) is 0 Å². The molecule has 1 heterocycles. The van der Waals surface area contributed by atoms with Gasteiger partial charge in [-0.15, -0.1) is 0 Å². The molecule has 0 saturated carbocycles. The van der Waals surface area contributed by atoms with Crippen molar-refractivity contribution in [3.05, 3.63) is 59.2 Å². The van der Waals surface area contributed by atoms with E-state index < -0.39 is 11.7 Å². The molecule has 0 aromatic heterocycles. The Hall–Kier alpha value is -2.50. The van der Waals surface area contributed by atoms with Crippen LogP contribution in [0, 0.1) is 0 Å². The second-order valence-electron chi connectivity index (χ2n) is 5.87. The third-order valence-electron chi connectivity index (χ3n) is 4.20. The molecule has 0 radical (unpaired) electrons. The molecule has 0 aliphatic carbocycles. The summed E-state index contributed by atoms with van der Waals surface area (Å²) in [6, 6.07) is 10.3. The smallest absolute Gasteiger partial charge is 0.398 e. The summed E-state index contributed by atoms with van der Waals surface area (Å²) in [5, 5.41) is 0. The highest BCUT2D eigenvalue weighted by atomic mass is 19.4. The van der Waals surface area contributed by atoms with Gasteiger partial charge in [0, 0.05) is 17.9 Å². The number of carbonyl (C=O) groups is 1. The number of hydrogen-bond acceptors (Lipinski definition) is 2. The predicted octanol–water partition coefficient (Wildman–Crippen LogP) is 3.81. The molecule has 1 aliphatic rings. The Morgan fingerprint density at radius 1 is 1.17 bits per heavy atom. The molecule has 2 N–H and O–H groups in total. The van der Waals surface area contributed by atoms with E-state index in [1.165, 1.54) is 12.1 Å². The van der Waals surface area contributed by atoms with Gasteiger partial charge in [0.25, 0.3) is 0 Å². The van der Waals surface area contributed by atoms with Gasteiger partial charge in [-0.2, -0.15) is 13.2 Å². The third kappa shape index (κ3) is 3.22. The molecule has 126 valence electrons. The van der Waals surface area contributed by atoms with Crippen molar-refractivity contribution < 1.29 is 18.0 Å². The largest absolute Gasteiger partial charge is 0.416 e. The molecule has 24 heavy (non-hydrogen) atoms. The molecule has 0 unspecified atom stereocenters. The molecule has 0 bridgehead atoms. The Morgan fingerprint density at radius 3 is 2.67 bits per heavy atom. The molecule has 6 heteroatoms. The molecule has 0 saturated heterocycles. The maximum absolute atomic E-state index is 12.8. The van der Waals surface area contributed by atoms with Crippen molar-refractivity contribution in [3.8, 4) is 0 Å². The van der Waals surface area contributed by atoms with Crippen LogP contribution in [0.25, 0.3) is 0 Å². The van der Waals surface area contributed by atoms with E-state index in [0.717, 1.165) is 36.2 Å². The van der Waals surface area contributed by atoms with Crippen molar-refractivity contribution >= 4 is 17.3 Å². The average Bonchev–Trinajstić information content (AvgIpc) is 2.54. The Balaban J connectivity index is 1.84. The minimum absolute atomic E-state index is 0.0713. The maximum Gasteiger partial charge on any atom is 0.416 e. The number of rotatable bonds is 2. The van der Waals surface area contributed by atoms with Gasteiger partial charge in [0.05, 0.1) is 12.0 Å². The molecule has 3 rings (SSSR count). The summed E-state index contributed by atoms with van der Waals surface area (Å²) >= 11 is 0. The summed E-state index contributed by atoms with van der Waals surface area (Å²) < 4.78 is 38.4. The zero-order valence-electron chi connectivity index (χ0n) is 12.9. The van der Waals surface area contributed by atoms with Crippen LogP contribution in [0.15, 0.2) is 42.5 Å². The first-order valence-electron chi connectivity index (χ1n) is 7.70. The van der Waals surface area contributed by atoms with Crippen LogP contribution in [0.3, 0.4) is 0 Å². The number of benzene rings is 2. The number of amides is 1. The van der Waals surface area contributed by atoms with Crippen LogP contribution >= 0.6 is 0 Å². The molecule has 1 aliphatic heterocycles. The normalized spacial score (nSPS) is 14.4. The minimum atomic E-state index is -4.41. The number of halogens is 3. The Labute approximate surface area is 137 Å². The zero-order valence-corrected chi connectivity index (χ0v) is 12.9. The number of anilines is 2. The van der Waals surface area contributed by atoms with Crippen LogP contribution in [0.5, 0.6) is 0 Å². The lowest BCUT2D eigenvalue weighted by Crippen LogP contribution is -2.36. The minimum Gasteiger partial charge on any atom is -0.398 e. The zero-order chi connectivity index (χ0) is 17.3. The van der Waals surface area contributed by atoms with Gasteiger partial charge in [-0.3, -0.25) is 4.79 Å². The van der Waals surface area contributed by atoms with Crippen LogP contribution < -0.4 is 10.6 Å². The Bertz CT molecular complexity index is 771. The van der Waals surface area contributed by atoms with E-state index in [1.807, 2.05) is 6.07 Å². The van der Waals surface area contributed by atoms with Gasteiger partial charge in [0.1, 0.15) is 0 Å². The monoisotopic (exact) mass is 334 g/mol. The fourth-order valence-corrected chi connectivity index (χ4v) is 3.04. The second kappa shape index (κ2) is 6.19. The molecular weight excluding hydrogens is 317 g/mol. The van der Waals surface area contributed by atoms with Crippen molar-refractivity contribution in [2.45, 2.75) is 25.4 Å². The number of carbonyl (C=O) groups excluding carboxylic acids is 1. The Kier molecular flexibility index (Phi) is 4.22. The number of nitrogen functional groups attached to an aromatic ring is 1. The van der Waals surface area contributed by atoms with E-state index in [2.05, 4.69) is 0 Å². The van der Waals surface area contributed by atoms with Gasteiger partial charge >= 0.3 is 6.18 Å². The molecule has 3 nitrogen and oxygen atoms in total. The molecule has 0 fully saturated rings. The van der Waals surface area contributed by atoms with E-state index in [4.69, 9.17) is 5.73 Å². The summed E-state index contributed by atoms with van der Waals surface area (Å²) in [6.45, 7) is 0.550. The van der Waals surface area contributed by atoms with Crippen LogP contribution in [-0.2, 0) is 23.8 Å². The number of alkyl halides is 3. The van der Waals surface area contributed by atoms with Gasteiger partial charge in [-0.1, -0.05) is 24.3 Å². The van der Waals surface area contributed by atoms with Crippen molar-refractivity contribution in [1.29, 1.82) is 0 Å². The highest BCUT2D eigenvalue weighted by Crippen LogP contribution is 2.32. The lowest BCUT2D eigenvalue weighted by Gasteiger charge is -2.30. The van der Waals surface area contributed by atoms with Crippen LogP contribution in [0.2, 0.25) is 0 Å². The van der Waals surface area contributed by atoms with Crippen molar-refractivity contribution in [2.24, 2.45) is 0 Å². The number of fused-ring (bicyclic) bond motifs is 1. The van der Waals surface area contributed by atoms with E-state index in [0.29, 0.717) is 17.8 Å². The lowest BCUT2D eigenvalue weighted by molar-refractivity contribution is -0.137. The summed E-state index contributed by atoms with van der Waals surface area (Å²) in [5.41, 5.74) is 7.91. The molecule has 2 aromatic carbocycles. The molecule has 0 atom stereocenters. The van der Waals surface area contributed by atoms with Crippen LogP contribution in [0.1, 0.15) is 23.1 Å². The highest BCUT2D eigenvalue weighted by molar-refractivity contribution is 5.96. The number of nitrogens with two attached hydrogens (primary N) is 1. The van der Waals surface area contributed by atoms with Crippen LogP contribution in [0.4, 0.5) is 24.5 Å². The molecule has 0 spiro atoms. The predicted molar refractivity (Wildman–Crippen MR) is 86.7 cm³/mol. The topological polar surface area (TPSA) is 46.3 Å². The average molecular weight is 334 g/mol. The van der Waals surface area contributed by atoms with Gasteiger partial charge in [-0.05, 0) is 42.2 Å². The highest BCUT2D eigenvalue weighted by Gasteiger charge is 2.31. The summed E-state index contributed by atoms with van der Waals surface area (Å²) in [6.07, 6.45) is -2.89. The first kappa shape index (κ1) is 16.4. The standard InChI is InChI=1S/C18H17F3N2O/c19-18(20,21)13-5-1-4-12(10-13)11-17(24)23-9-3-6-14-15(22)7-2-8-16(14)23/h1-2,4-5,7-8,10H,3,6,9,11,22H2. The fraction of sp³-hybridized carbons (Fsp3) is 0.278. The summed E-state index contributed by atoms with van der Waals surface area (Å²) in [5.74, 6) is -0.221. The van der Waals surface area contributed by atoms with Crippen molar-refractivity contribution in [3.63, 3.8) is 0 Å². The van der Waals surface area contributed by atoms with Gasteiger partial charge in [0.2, 0.25) is 5.91 Å². The van der Waals surface area contributed by atoms with E-state index in [9.17, 15) is 18.0 Å². The lowest BCUT2D eigenvalue weighted by atomic mass is 9.99.